The average Bonchev–Trinajstić information content (AvgIpc) is 2.40. The average molecular weight is 283 g/mol. The van der Waals surface area contributed by atoms with E-state index in [4.69, 9.17) is 10.5 Å². The van der Waals surface area contributed by atoms with E-state index < -0.39 is 0 Å². The number of nitrogens with two attached hydrogens (primary N) is 1. The molecule has 0 saturated heterocycles. The van der Waals surface area contributed by atoms with E-state index in [0.717, 1.165) is 17.1 Å². The van der Waals surface area contributed by atoms with Crippen LogP contribution in [-0.4, -0.2) is 0 Å². The summed E-state index contributed by atoms with van der Waals surface area (Å²) < 4.78 is 6.20. The van der Waals surface area contributed by atoms with Crippen molar-refractivity contribution in [2.75, 3.05) is 0 Å². The molecule has 0 saturated carbocycles. The molecule has 2 aromatic rings. The number of rotatable bonds is 3. The van der Waals surface area contributed by atoms with Crippen molar-refractivity contribution < 1.29 is 4.74 Å². The van der Waals surface area contributed by atoms with Gasteiger partial charge in [0.15, 0.2) is 0 Å². The summed E-state index contributed by atoms with van der Waals surface area (Å²) in [6, 6.07) is 14.2. The van der Waals surface area contributed by atoms with E-state index in [1.807, 2.05) is 37.3 Å². The maximum absolute atomic E-state index is 6.20. The zero-order chi connectivity index (χ0) is 15.6. The third kappa shape index (κ3) is 3.64. The molecule has 2 N–H and O–H groups in total. The highest BCUT2D eigenvalue weighted by Gasteiger charge is 2.20. The Kier molecular flexibility index (Phi) is 4.38. The van der Waals surface area contributed by atoms with Crippen LogP contribution in [0, 0.1) is 6.92 Å². The van der Waals surface area contributed by atoms with E-state index in [-0.39, 0.29) is 11.5 Å². The summed E-state index contributed by atoms with van der Waals surface area (Å²) in [5.41, 5.74) is 9.55. The summed E-state index contributed by atoms with van der Waals surface area (Å²) in [6.07, 6.45) is 0. The first-order chi connectivity index (χ1) is 9.79. The molecular weight excluding hydrogens is 258 g/mol. The minimum Gasteiger partial charge on any atom is -0.457 e. The Labute approximate surface area is 127 Å². The molecule has 0 amide bonds. The van der Waals surface area contributed by atoms with Gasteiger partial charge in [-0.15, -0.1) is 0 Å². The second-order valence-electron chi connectivity index (χ2n) is 6.68. The molecule has 2 heteroatoms. The lowest BCUT2D eigenvalue weighted by Crippen LogP contribution is -2.13. The van der Waals surface area contributed by atoms with Crippen LogP contribution in [0.1, 0.15) is 50.4 Å². The van der Waals surface area contributed by atoms with E-state index in [0.29, 0.717) is 0 Å². The standard InChI is InChI=1S/C19H25NO/c1-13-10-11-18(16(12-13)19(3,4)5)21-17-9-7-6-8-15(17)14(2)20/h6-12,14H,20H2,1-5H3/t14-/m1/s1. The molecule has 112 valence electrons. The Balaban J connectivity index is 2.46. The van der Waals surface area contributed by atoms with Crippen molar-refractivity contribution in [3.05, 3.63) is 59.2 Å². The van der Waals surface area contributed by atoms with Gasteiger partial charge in [-0.3, -0.25) is 0 Å². The minimum atomic E-state index is -0.0512. The fraction of sp³-hybridized carbons (Fsp3) is 0.368. The van der Waals surface area contributed by atoms with E-state index in [2.05, 4.69) is 39.8 Å². The first-order valence-electron chi connectivity index (χ1n) is 7.42. The molecule has 1 atom stereocenters. The third-order valence-corrected chi connectivity index (χ3v) is 3.57. The van der Waals surface area contributed by atoms with Crippen LogP contribution in [0.5, 0.6) is 11.5 Å². The summed E-state index contributed by atoms with van der Waals surface area (Å²) in [4.78, 5) is 0. The van der Waals surface area contributed by atoms with Crippen LogP contribution in [0.2, 0.25) is 0 Å². The Morgan fingerprint density at radius 2 is 1.67 bits per heavy atom. The number of hydrogen-bond donors (Lipinski definition) is 1. The number of benzene rings is 2. The van der Waals surface area contributed by atoms with Gasteiger partial charge in [0.2, 0.25) is 0 Å². The Morgan fingerprint density at radius 1 is 1.00 bits per heavy atom. The van der Waals surface area contributed by atoms with Gasteiger partial charge in [-0.25, -0.2) is 0 Å². The maximum atomic E-state index is 6.20. The minimum absolute atomic E-state index is 0.0324. The smallest absolute Gasteiger partial charge is 0.132 e. The van der Waals surface area contributed by atoms with Crippen LogP contribution in [0.15, 0.2) is 42.5 Å². The molecule has 0 heterocycles. The molecular formula is C19H25NO. The van der Waals surface area contributed by atoms with Crippen LogP contribution in [0.4, 0.5) is 0 Å². The van der Waals surface area contributed by atoms with Gasteiger partial charge >= 0.3 is 0 Å². The lowest BCUT2D eigenvalue weighted by Gasteiger charge is -2.24. The van der Waals surface area contributed by atoms with Crippen LogP contribution < -0.4 is 10.5 Å². The van der Waals surface area contributed by atoms with Gasteiger partial charge in [0.25, 0.3) is 0 Å². The van der Waals surface area contributed by atoms with Crippen molar-refractivity contribution in [2.45, 2.75) is 46.1 Å². The van der Waals surface area contributed by atoms with Crippen molar-refractivity contribution in [3.8, 4) is 11.5 Å². The van der Waals surface area contributed by atoms with Crippen molar-refractivity contribution in [2.24, 2.45) is 5.73 Å². The fourth-order valence-corrected chi connectivity index (χ4v) is 2.39. The van der Waals surface area contributed by atoms with Crippen molar-refractivity contribution in [1.82, 2.24) is 0 Å². The lowest BCUT2D eigenvalue weighted by atomic mass is 9.85. The zero-order valence-electron chi connectivity index (χ0n) is 13.6. The molecule has 0 unspecified atom stereocenters. The zero-order valence-corrected chi connectivity index (χ0v) is 13.6. The van der Waals surface area contributed by atoms with Crippen LogP contribution in [0.25, 0.3) is 0 Å². The number of aryl methyl sites for hydroxylation is 1. The second kappa shape index (κ2) is 5.90. The Morgan fingerprint density at radius 3 is 2.29 bits per heavy atom. The van der Waals surface area contributed by atoms with Crippen molar-refractivity contribution in [3.63, 3.8) is 0 Å². The van der Waals surface area contributed by atoms with E-state index in [9.17, 15) is 0 Å². The summed E-state index contributed by atoms with van der Waals surface area (Å²) >= 11 is 0. The predicted molar refractivity (Wildman–Crippen MR) is 89.0 cm³/mol. The summed E-state index contributed by atoms with van der Waals surface area (Å²) in [7, 11) is 0. The molecule has 0 radical (unpaired) electrons. The van der Waals surface area contributed by atoms with Gasteiger partial charge in [-0.2, -0.15) is 0 Å². The lowest BCUT2D eigenvalue weighted by molar-refractivity contribution is 0.447. The number of para-hydroxylation sites is 1. The molecule has 2 nitrogen and oxygen atoms in total. The van der Waals surface area contributed by atoms with Gasteiger partial charge in [0, 0.05) is 17.2 Å². The van der Waals surface area contributed by atoms with Crippen molar-refractivity contribution in [1.29, 1.82) is 0 Å². The predicted octanol–water partition coefficient (Wildman–Crippen LogP) is 5.10. The monoisotopic (exact) mass is 283 g/mol. The molecule has 0 fully saturated rings. The fourth-order valence-electron chi connectivity index (χ4n) is 2.39. The molecule has 21 heavy (non-hydrogen) atoms. The summed E-state index contributed by atoms with van der Waals surface area (Å²) in [6.45, 7) is 10.7. The quantitative estimate of drug-likeness (QED) is 0.850. The molecule has 0 bridgehead atoms. The van der Waals surface area contributed by atoms with Crippen molar-refractivity contribution >= 4 is 0 Å². The van der Waals surface area contributed by atoms with Gasteiger partial charge in [-0.05, 0) is 31.4 Å². The van der Waals surface area contributed by atoms with E-state index in [1.165, 1.54) is 11.1 Å². The number of hydrogen-bond acceptors (Lipinski definition) is 2. The van der Waals surface area contributed by atoms with E-state index in [1.54, 1.807) is 0 Å². The highest BCUT2D eigenvalue weighted by atomic mass is 16.5. The van der Waals surface area contributed by atoms with Crippen LogP contribution in [0.3, 0.4) is 0 Å². The highest BCUT2D eigenvalue weighted by molar-refractivity contribution is 5.46. The Bertz CT molecular complexity index is 624. The van der Waals surface area contributed by atoms with Crippen LogP contribution >= 0.6 is 0 Å². The summed E-state index contributed by atoms with van der Waals surface area (Å²) in [5.74, 6) is 1.74. The van der Waals surface area contributed by atoms with E-state index >= 15 is 0 Å². The van der Waals surface area contributed by atoms with Gasteiger partial charge in [-0.1, -0.05) is 56.7 Å². The second-order valence-corrected chi connectivity index (χ2v) is 6.68. The topological polar surface area (TPSA) is 35.2 Å². The SMILES string of the molecule is Cc1ccc(Oc2ccccc2[C@@H](C)N)c(C(C)(C)C)c1. The highest BCUT2D eigenvalue weighted by Crippen LogP contribution is 2.36. The first-order valence-corrected chi connectivity index (χ1v) is 7.42. The molecule has 0 aliphatic carbocycles. The molecule has 0 aliphatic heterocycles. The first kappa shape index (κ1) is 15.6. The number of ether oxygens (including phenoxy) is 1. The molecule has 0 aromatic heterocycles. The largest absolute Gasteiger partial charge is 0.457 e. The maximum Gasteiger partial charge on any atom is 0.132 e. The molecule has 2 rings (SSSR count). The van der Waals surface area contributed by atoms with Gasteiger partial charge in [0.1, 0.15) is 11.5 Å². The molecule has 0 spiro atoms. The van der Waals surface area contributed by atoms with Gasteiger partial charge < -0.3 is 10.5 Å². The molecule has 2 aromatic carbocycles. The normalized spacial score (nSPS) is 13.0. The Hall–Kier alpha value is -1.80. The summed E-state index contributed by atoms with van der Waals surface area (Å²) in [5, 5.41) is 0. The van der Waals surface area contributed by atoms with Gasteiger partial charge in [0.05, 0.1) is 0 Å². The third-order valence-electron chi connectivity index (χ3n) is 3.57. The molecule has 0 aliphatic rings. The van der Waals surface area contributed by atoms with Crippen LogP contribution in [-0.2, 0) is 5.41 Å².